The van der Waals surface area contributed by atoms with Crippen LogP contribution in [-0.4, -0.2) is 30.0 Å². The Labute approximate surface area is 117 Å². The van der Waals surface area contributed by atoms with Crippen LogP contribution in [0.4, 0.5) is 0 Å². The fraction of sp³-hybridized carbons (Fsp3) is 0.688. The molecule has 0 saturated carbocycles. The lowest BCUT2D eigenvalue weighted by atomic mass is 9.87. The quantitative estimate of drug-likeness (QED) is 0.883. The Morgan fingerprint density at radius 3 is 2.58 bits per heavy atom. The molecule has 1 aliphatic rings. The maximum Gasteiger partial charge on any atom is 0.0547 e. The number of hydrogen-bond donors (Lipinski definition) is 1. The first-order valence-corrected chi connectivity index (χ1v) is 7.51. The van der Waals surface area contributed by atoms with Gasteiger partial charge in [0.15, 0.2) is 0 Å². The van der Waals surface area contributed by atoms with Crippen LogP contribution in [-0.2, 0) is 13.1 Å². The van der Waals surface area contributed by atoms with Gasteiger partial charge in [0.25, 0.3) is 0 Å². The van der Waals surface area contributed by atoms with Crippen molar-refractivity contribution in [2.45, 2.75) is 39.8 Å². The number of nitrogens with zero attached hydrogens (tertiary/aromatic N) is 2. The molecule has 1 N–H and O–H groups in total. The molecular formula is C16H27N3. The summed E-state index contributed by atoms with van der Waals surface area (Å²) < 4.78 is 0. The van der Waals surface area contributed by atoms with Crippen LogP contribution in [0.3, 0.4) is 0 Å². The normalized spacial score (nSPS) is 18.1. The summed E-state index contributed by atoms with van der Waals surface area (Å²) in [4.78, 5) is 7.25. The van der Waals surface area contributed by atoms with Crippen molar-refractivity contribution in [2.24, 2.45) is 11.8 Å². The Balaban J connectivity index is 1.86. The van der Waals surface area contributed by atoms with Crippen molar-refractivity contribution in [3.63, 3.8) is 0 Å². The smallest absolute Gasteiger partial charge is 0.0547 e. The van der Waals surface area contributed by atoms with Gasteiger partial charge in [0.1, 0.15) is 0 Å². The fourth-order valence-electron chi connectivity index (χ4n) is 2.90. The van der Waals surface area contributed by atoms with E-state index >= 15 is 0 Å². The van der Waals surface area contributed by atoms with Crippen LogP contribution >= 0.6 is 0 Å². The van der Waals surface area contributed by atoms with Crippen molar-refractivity contribution >= 4 is 0 Å². The van der Waals surface area contributed by atoms with Gasteiger partial charge in [-0.05, 0) is 56.9 Å². The number of rotatable bonds is 5. The van der Waals surface area contributed by atoms with Gasteiger partial charge in [-0.25, -0.2) is 0 Å². The van der Waals surface area contributed by atoms with E-state index in [9.17, 15) is 0 Å². The third-order valence-corrected chi connectivity index (χ3v) is 4.18. The lowest BCUT2D eigenvalue weighted by Crippen LogP contribution is -2.35. The molecule has 1 aliphatic heterocycles. The topological polar surface area (TPSA) is 28.2 Å². The Kier molecular flexibility index (Phi) is 5.34. The van der Waals surface area contributed by atoms with Crippen LogP contribution in [0.25, 0.3) is 0 Å². The predicted octanol–water partition coefficient (Wildman–Crippen LogP) is 2.67. The molecule has 0 spiro atoms. The van der Waals surface area contributed by atoms with Gasteiger partial charge < -0.3 is 5.32 Å². The maximum atomic E-state index is 4.71. The molecule has 0 unspecified atom stereocenters. The molecule has 1 aromatic heterocycles. The second-order valence-corrected chi connectivity index (χ2v) is 6.01. The third-order valence-electron chi connectivity index (χ3n) is 4.18. The van der Waals surface area contributed by atoms with E-state index in [2.05, 4.69) is 42.3 Å². The van der Waals surface area contributed by atoms with Crippen LogP contribution in [0.1, 0.15) is 38.1 Å². The first kappa shape index (κ1) is 14.5. The second kappa shape index (κ2) is 7.01. The van der Waals surface area contributed by atoms with Crippen LogP contribution in [0.2, 0.25) is 0 Å². The summed E-state index contributed by atoms with van der Waals surface area (Å²) in [6.07, 6.45) is 2.68. The molecule has 0 atom stereocenters. The van der Waals surface area contributed by atoms with E-state index in [4.69, 9.17) is 4.98 Å². The predicted molar refractivity (Wildman–Crippen MR) is 79.8 cm³/mol. The average molecular weight is 261 g/mol. The van der Waals surface area contributed by atoms with Crippen LogP contribution in [0.15, 0.2) is 18.2 Å². The van der Waals surface area contributed by atoms with Gasteiger partial charge in [-0.2, -0.15) is 0 Å². The van der Waals surface area contributed by atoms with Gasteiger partial charge in [0, 0.05) is 13.1 Å². The van der Waals surface area contributed by atoms with E-state index in [1.54, 1.807) is 0 Å². The number of hydrogen-bond acceptors (Lipinski definition) is 3. The van der Waals surface area contributed by atoms with Crippen molar-refractivity contribution in [3.8, 4) is 0 Å². The van der Waals surface area contributed by atoms with Crippen molar-refractivity contribution in [2.75, 3.05) is 20.1 Å². The highest BCUT2D eigenvalue weighted by molar-refractivity contribution is 5.11. The first-order valence-electron chi connectivity index (χ1n) is 7.51. The van der Waals surface area contributed by atoms with Crippen LogP contribution in [0.5, 0.6) is 0 Å². The minimum absolute atomic E-state index is 0.833. The van der Waals surface area contributed by atoms with Crippen molar-refractivity contribution in [3.05, 3.63) is 29.6 Å². The highest BCUT2D eigenvalue weighted by atomic mass is 15.1. The molecule has 0 aliphatic carbocycles. The summed E-state index contributed by atoms with van der Waals surface area (Å²) in [5, 5.41) is 3.16. The molecule has 3 heteroatoms. The molecule has 0 aromatic carbocycles. The molecule has 1 aromatic rings. The van der Waals surface area contributed by atoms with E-state index in [1.807, 2.05) is 7.05 Å². The monoisotopic (exact) mass is 261 g/mol. The highest BCUT2D eigenvalue weighted by Gasteiger charge is 2.21. The minimum Gasteiger partial charge on any atom is -0.314 e. The Morgan fingerprint density at radius 1 is 1.26 bits per heavy atom. The number of aromatic nitrogens is 1. The fourth-order valence-corrected chi connectivity index (χ4v) is 2.90. The third kappa shape index (κ3) is 4.29. The zero-order chi connectivity index (χ0) is 13.7. The molecule has 106 valence electrons. The summed E-state index contributed by atoms with van der Waals surface area (Å²) in [6.45, 7) is 9.00. The molecule has 0 radical (unpaired) electrons. The summed E-state index contributed by atoms with van der Waals surface area (Å²) in [6, 6.07) is 6.36. The maximum absolute atomic E-state index is 4.71. The molecule has 2 rings (SSSR count). The second-order valence-electron chi connectivity index (χ2n) is 6.01. The van der Waals surface area contributed by atoms with Crippen molar-refractivity contribution < 1.29 is 0 Å². The van der Waals surface area contributed by atoms with Gasteiger partial charge in [-0.15, -0.1) is 0 Å². The minimum atomic E-state index is 0.833. The first-order chi connectivity index (χ1) is 9.19. The number of nitrogens with one attached hydrogen (secondary N) is 1. The Bertz CT molecular complexity index is 381. The summed E-state index contributed by atoms with van der Waals surface area (Å²) in [5.41, 5.74) is 2.34. The molecule has 0 bridgehead atoms. The summed E-state index contributed by atoms with van der Waals surface area (Å²) in [7, 11) is 1.96. The number of pyridine rings is 1. The lowest BCUT2D eigenvalue weighted by Gasteiger charge is -2.33. The van der Waals surface area contributed by atoms with E-state index in [-0.39, 0.29) is 0 Å². The van der Waals surface area contributed by atoms with Crippen molar-refractivity contribution in [1.29, 1.82) is 0 Å². The Hall–Kier alpha value is -0.930. The largest absolute Gasteiger partial charge is 0.314 e. The molecular weight excluding hydrogens is 234 g/mol. The summed E-state index contributed by atoms with van der Waals surface area (Å²) in [5.74, 6) is 1.75. The number of piperidine rings is 1. The molecule has 3 nitrogen and oxygen atoms in total. The van der Waals surface area contributed by atoms with E-state index in [1.165, 1.54) is 31.6 Å². The van der Waals surface area contributed by atoms with Gasteiger partial charge in [0.2, 0.25) is 0 Å². The lowest BCUT2D eigenvalue weighted by molar-refractivity contribution is 0.150. The van der Waals surface area contributed by atoms with E-state index in [0.717, 1.165) is 30.6 Å². The molecule has 1 fully saturated rings. The zero-order valence-corrected chi connectivity index (χ0v) is 12.5. The number of likely N-dealkylation sites (tertiary alicyclic amines) is 1. The molecule has 1 saturated heterocycles. The van der Waals surface area contributed by atoms with Gasteiger partial charge in [-0.3, -0.25) is 9.88 Å². The van der Waals surface area contributed by atoms with Crippen LogP contribution < -0.4 is 5.32 Å². The average Bonchev–Trinajstić information content (AvgIpc) is 2.40. The summed E-state index contributed by atoms with van der Waals surface area (Å²) >= 11 is 0. The molecule has 19 heavy (non-hydrogen) atoms. The SMILES string of the molecule is CNCc1cccc(CN2CCC(C(C)C)CC2)n1. The van der Waals surface area contributed by atoms with Crippen LogP contribution in [0, 0.1) is 11.8 Å². The van der Waals surface area contributed by atoms with Gasteiger partial charge >= 0.3 is 0 Å². The highest BCUT2D eigenvalue weighted by Crippen LogP contribution is 2.25. The van der Waals surface area contributed by atoms with Crippen molar-refractivity contribution in [1.82, 2.24) is 15.2 Å². The van der Waals surface area contributed by atoms with Gasteiger partial charge in [-0.1, -0.05) is 19.9 Å². The van der Waals surface area contributed by atoms with E-state index < -0.39 is 0 Å². The van der Waals surface area contributed by atoms with E-state index in [0.29, 0.717) is 0 Å². The molecule has 2 heterocycles. The van der Waals surface area contributed by atoms with Gasteiger partial charge in [0.05, 0.1) is 11.4 Å². The Morgan fingerprint density at radius 2 is 1.95 bits per heavy atom. The standard InChI is InChI=1S/C16H27N3/c1-13(2)14-7-9-19(10-8-14)12-16-6-4-5-15(18-16)11-17-3/h4-6,13-14,17H,7-12H2,1-3H3. The zero-order valence-electron chi connectivity index (χ0n) is 12.5. The molecule has 0 amide bonds.